The topological polar surface area (TPSA) is 32.5 Å². The van der Waals surface area contributed by atoms with E-state index < -0.39 is 0 Å². The minimum absolute atomic E-state index is 0.899. The third kappa shape index (κ3) is 2.79. The van der Waals surface area contributed by atoms with Crippen molar-refractivity contribution in [3.05, 3.63) is 21.8 Å². The van der Waals surface area contributed by atoms with Crippen LogP contribution in [0.2, 0.25) is 0 Å². The second kappa shape index (κ2) is 5.23. The first-order valence-corrected chi connectivity index (χ1v) is 6.73. The number of nitrogens with zero attached hydrogens (tertiary/aromatic N) is 2. The molecule has 88 valence electrons. The van der Waals surface area contributed by atoms with Gasteiger partial charge in [0.1, 0.15) is 0 Å². The van der Waals surface area contributed by atoms with Gasteiger partial charge < -0.3 is 15.5 Å². The van der Waals surface area contributed by atoms with E-state index in [0.29, 0.717) is 0 Å². The van der Waals surface area contributed by atoms with Gasteiger partial charge in [0.05, 0.1) is 11.4 Å². The standard InChI is InChI=1S/C12H18IN3/c1-15-5-2-6-16(8-7-15)12-4-3-10(13)9-11(12)14/h3-4,9H,2,5-8,14H2,1H3. The molecule has 1 aromatic carbocycles. The summed E-state index contributed by atoms with van der Waals surface area (Å²) in [5, 5.41) is 0. The van der Waals surface area contributed by atoms with Gasteiger partial charge in [0, 0.05) is 23.2 Å². The Labute approximate surface area is 111 Å². The van der Waals surface area contributed by atoms with Gasteiger partial charge in [-0.25, -0.2) is 0 Å². The number of halogens is 1. The van der Waals surface area contributed by atoms with Crippen LogP contribution in [0.3, 0.4) is 0 Å². The zero-order valence-corrected chi connectivity index (χ0v) is 11.8. The van der Waals surface area contributed by atoms with Gasteiger partial charge in [-0.1, -0.05) is 0 Å². The zero-order valence-electron chi connectivity index (χ0n) is 9.62. The average Bonchev–Trinajstić information content (AvgIpc) is 2.43. The largest absolute Gasteiger partial charge is 0.397 e. The maximum atomic E-state index is 6.08. The third-order valence-electron chi connectivity index (χ3n) is 3.05. The van der Waals surface area contributed by atoms with Gasteiger partial charge in [0.25, 0.3) is 0 Å². The highest BCUT2D eigenvalue weighted by Crippen LogP contribution is 2.25. The smallest absolute Gasteiger partial charge is 0.0601 e. The summed E-state index contributed by atoms with van der Waals surface area (Å²) < 4.78 is 1.20. The van der Waals surface area contributed by atoms with Gasteiger partial charge in [-0.05, 0) is 60.8 Å². The molecule has 16 heavy (non-hydrogen) atoms. The summed E-state index contributed by atoms with van der Waals surface area (Å²) in [4.78, 5) is 4.78. The molecule has 3 nitrogen and oxygen atoms in total. The number of nitrogens with two attached hydrogens (primary N) is 1. The molecule has 1 aliphatic rings. The maximum Gasteiger partial charge on any atom is 0.0601 e. The third-order valence-corrected chi connectivity index (χ3v) is 3.72. The first-order chi connectivity index (χ1) is 7.66. The van der Waals surface area contributed by atoms with E-state index in [2.05, 4.69) is 51.6 Å². The number of hydrogen-bond acceptors (Lipinski definition) is 3. The summed E-state index contributed by atoms with van der Waals surface area (Å²) in [6.45, 7) is 4.47. The van der Waals surface area contributed by atoms with Gasteiger partial charge >= 0.3 is 0 Å². The fourth-order valence-electron chi connectivity index (χ4n) is 2.10. The molecular weight excluding hydrogens is 313 g/mol. The molecule has 1 aliphatic heterocycles. The molecule has 2 rings (SSSR count). The molecule has 0 unspecified atom stereocenters. The second-order valence-electron chi connectivity index (χ2n) is 4.35. The van der Waals surface area contributed by atoms with Crippen LogP contribution < -0.4 is 10.6 Å². The van der Waals surface area contributed by atoms with E-state index in [1.807, 2.05) is 6.07 Å². The highest BCUT2D eigenvalue weighted by molar-refractivity contribution is 14.1. The summed E-state index contributed by atoms with van der Waals surface area (Å²) in [5.41, 5.74) is 8.17. The highest BCUT2D eigenvalue weighted by Gasteiger charge is 2.14. The molecule has 0 atom stereocenters. The molecule has 1 fully saturated rings. The number of benzene rings is 1. The van der Waals surface area contributed by atoms with Crippen LogP contribution in [0.5, 0.6) is 0 Å². The summed E-state index contributed by atoms with van der Waals surface area (Å²) in [6.07, 6.45) is 1.21. The fraction of sp³-hybridized carbons (Fsp3) is 0.500. The Hall–Kier alpha value is -0.490. The predicted octanol–water partition coefficient (Wildman–Crippen LogP) is 2.02. The zero-order chi connectivity index (χ0) is 11.5. The van der Waals surface area contributed by atoms with E-state index in [0.717, 1.165) is 25.3 Å². The minimum Gasteiger partial charge on any atom is -0.397 e. The first-order valence-electron chi connectivity index (χ1n) is 5.65. The molecule has 2 N–H and O–H groups in total. The Kier molecular flexibility index (Phi) is 3.91. The van der Waals surface area contributed by atoms with Crippen molar-refractivity contribution in [1.29, 1.82) is 0 Å². The summed E-state index contributed by atoms with van der Waals surface area (Å²) in [7, 11) is 2.18. The number of rotatable bonds is 1. The lowest BCUT2D eigenvalue weighted by Crippen LogP contribution is -2.29. The Bertz CT molecular complexity index is 367. The van der Waals surface area contributed by atoms with Crippen molar-refractivity contribution in [3.63, 3.8) is 0 Å². The van der Waals surface area contributed by atoms with Crippen LogP contribution in [0, 0.1) is 3.57 Å². The van der Waals surface area contributed by atoms with E-state index in [1.165, 1.54) is 22.2 Å². The van der Waals surface area contributed by atoms with E-state index in [4.69, 9.17) is 5.73 Å². The van der Waals surface area contributed by atoms with E-state index >= 15 is 0 Å². The fourth-order valence-corrected chi connectivity index (χ4v) is 2.62. The van der Waals surface area contributed by atoms with Crippen LogP contribution in [0.15, 0.2) is 18.2 Å². The molecule has 0 saturated carbocycles. The van der Waals surface area contributed by atoms with Crippen LogP contribution >= 0.6 is 22.6 Å². The predicted molar refractivity (Wildman–Crippen MR) is 77.9 cm³/mol. The molecule has 0 amide bonds. The van der Waals surface area contributed by atoms with Crippen molar-refractivity contribution >= 4 is 34.0 Å². The molecule has 0 radical (unpaired) electrons. The van der Waals surface area contributed by atoms with Gasteiger partial charge in [0.2, 0.25) is 0 Å². The lowest BCUT2D eigenvalue weighted by Gasteiger charge is -2.24. The SMILES string of the molecule is CN1CCCN(c2ccc(I)cc2N)CC1. The minimum atomic E-state index is 0.899. The molecule has 0 aromatic heterocycles. The average molecular weight is 331 g/mol. The first kappa shape index (κ1) is 12.0. The number of nitrogen functional groups attached to an aromatic ring is 1. The van der Waals surface area contributed by atoms with Crippen LogP contribution in [0.25, 0.3) is 0 Å². The van der Waals surface area contributed by atoms with Gasteiger partial charge in [-0.3, -0.25) is 0 Å². The normalized spacial score (nSPS) is 18.5. The molecule has 0 spiro atoms. The maximum absolute atomic E-state index is 6.08. The Balaban J connectivity index is 2.16. The Morgan fingerprint density at radius 1 is 1.19 bits per heavy atom. The van der Waals surface area contributed by atoms with Crippen LogP contribution in [0.4, 0.5) is 11.4 Å². The molecule has 1 heterocycles. The van der Waals surface area contributed by atoms with Crippen LogP contribution in [-0.4, -0.2) is 38.1 Å². The second-order valence-corrected chi connectivity index (χ2v) is 5.59. The molecule has 0 bridgehead atoms. The monoisotopic (exact) mass is 331 g/mol. The summed E-state index contributed by atoms with van der Waals surface area (Å²) in [5.74, 6) is 0. The Morgan fingerprint density at radius 3 is 2.75 bits per heavy atom. The van der Waals surface area contributed by atoms with Crippen molar-refractivity contribution in [2.75, 3.05) is 43.9 Å². The number of hydrogen-bond donors (Lipinski definition) is 1. The Morgan fingerprint density at radius 2 is 2.00 bits per heavy atom. The van der Waals surface area contributed by atoms with Gasteiger partial charge in [-0.15, -0.1) is 0 Å². The summed E-state index contributed by atoms with van der Waals surface area (Å²) >= 11 is 2.30. The van der Waals surface area contributed by atoms with Crippen molar-refractivity contribution in [2.24, 2.45) is 0 Å². The molecule has 1 aromatic rings. The quantitative estimate of drug-likeness (QED) is 0.631. The molecule has 4 heteroatoms. The van der Waals surface area contributed by atoms with E-state index in [9.17, 15) is 0 Å². The molecular formula is C12H18IN3. The van der Waals surface area contributed by atoms with Crippen molar-refractivity contribution in [3.8, 4) is 0 Å². The number of likely N-dealkylation sites (N-methyl/N-ethyl adjacent to an activating group) is 1. The number of anilines is 2. The molecule has 1 saturated heterocycles. The summed E-state index contributed by atoms with van der Waals surface area (Å²) in [6, 6.07) is 6.31. The molecule has 0 aliphatic carbocycles. The van der Waals surface area contributed by atoms with Crippen molar-refractivity contribution in [2.45, 2.75) is 6.42 Å². The lowest BCUT2D eigenvalue weighted by atomic mass is 10.2. The highest BCUT2D eigenvalue weighted by atomic mass is 127. The van der Waals surface area contributed by atoms with E-state index in [1.54, 1.807) is 0 Å². The van der Waals surface area contributed by atoms with Gasteiger partial charge in [0.15, 0.2) is 0 Å². The lowest BCUT2D eigenvalue weighted by molar-refractivity contribution is 0.360. The van der Waals surface area contributed by atoms with E-state index in [-0.39, 0.29) is 0 Å². The van der Waals surface area contributed by atoms with Crippen LogP contribution in [0.1, 0.15) is 6.42 Å². The van der Waals surface area contributed by atoms with Crippen LogP contribution in [-0.2, 0) is 0 Å². The van der Waals surface area contributed by atoms with Crippen molar-refractivity contribution in [1.82, 2.24) is 4.90 Å². The van der Waals surface area contributed by atoms with Gasteiger partial charge in [-0.2, -0.15) is 0 Å². The van der Waals surface area contributed by atoms with Crippen molar-refractivity contribution < 1.29 is 0 Å².